The minimum Gasteiger partial charge on any atom is -0.508 e. The number of phenols is 1. The fourth-order valence-electron chi connectivity index (χ4n) is 3.08. The summed E-state index contributed by atoms with van der Waals surface area (Å²) in [4.78, 5) is 0. The number of rotatable bonds is 7. The molecule has 0 aliphatic rings. The Balaban J connectivity index is 2.45. The van der Waals surface area contributed by atoms with Crippen LogP contribution in [0.25, 0.3) is 0 Å². The zero-order chi connectivity index (χ0) is 20.3. The fourth-order valence-corrected chi connectivity index (χ4v) is 4.65. The van der Waals surface area contributed by atoms with Gasteiger partial charge in [-0.3, -0.25) is 0 Å². The minimum absolute atomic E-state index is 0.112. The molecule has 0 saturated heterocycles. The second-order valence-corrected chi connectivity index (χ2v) is 13.7. The van der Waals surface area contributed by atoms with Crippen molar-refractivity contribution in [1.29, 1.82) is 0 Å². The normalized spacial score (nSPS) is 14.6. The van der Waals surface area contributed by atoms with Crippen LogP contribution in [-0.2, 0) is 16.4 Å². The van der Waals surface area contributed by atoms with E-state index >= 15 is 0 Å². The first kappa shape index (κ1) is 21.5. The Morgan fingerprint density at radius 2 is 1.56 bits per heavy atom. The molecule has 1 unspecified atom stereocenters. The Kier molecular flexibility index (Phi) is 6.38. The van der Waals surface area contributed by atoms with Gasteiger partial charge in [0.05, 0.1) is 0 Å². The van der Waals surface area contributed by atoms with Gasteiger partial charge in [-0.25, -0.2) is 0 Å². The van der Waals surface area contributed by atoms with Gasteiger partial charge in [0.2, 0.25) is 0 Å². The van der Waals surface area contributed by atoms with Crippen LogP contribution in [-0.4, -0.2) is 13.4 Å². The maximum absolute atomic E-state index is 9.56. The molecule has 0 saturated carbocycles. The SMILES string of the molecule is C=C(C)C(CCc1ccc(O)cc1)(O[Si](C)(C)C(C)(C)C)c1ccccc1. The average Bonchev–Trinajstić information content (AvgIpc) is 2.59. The van der Waals surface area contributed by atoms with Crippen LogP contribution in [0.15, 0.2) is 66.7 Å². The van der Waals surface area contributed by atoms with Crippen molar-refractivity contribution in [2.24, 2.45) is 0 Å². The van der Waals surface area contributed by atoms with Crippen molar-refractivity contribution in [2.45, 2.75) is 64.3 Å². The molecule has 2 nitrogen and oxygen atoms in total. The van der Waals surface area contributed by atoms with Crippen molar-refractivity contribution in [3.8, 4) is 5.75 Å². The highest BCUT2D eigenvalue weighted by Gasteiger charge is 2.46. The molecule has 2 rings (SSSR count). The molecule has 146 valence electrons. The summed E-state index contributed by atoms with van der Waals surface area (Å²) in [5.74, 6) is 0.297. The molecule has 3 heteroatoms. The number of aromatic hydroxyl groups is 1. The van der Waals surface area contributed by atoms with Gasteiger partial charge in [0, 0.05) is 0 Å². The zero-order valence-corrected chi connectivity index (χ0v) is 18.7. The molecule has 0 radical (unpaired) electrons. The molecular formula is C24H34O2Si. The monoisotopic (exact) mass is 382 g/mol. The van der Waals surface area contributed by atoms with Crippen LogP contribution < -0.4 is 0 Å². The lowest BCUT2D eigenvalue weighted by Crippen LogP contribution is -2.49. The molecule has 0 aromatic heterocycles. The van der Waals surface area contributed by atoms with Crippen molar-refractivity contribution >= 4 is 8.32 Å². The van der Waals surface area contributed by atoms with Gasteiger partial charge in [0.15, 0.2) is 8.32 Å². The summed E-state index contributed by atoms with van der Waals surface area (Å²) in [6, 6.07) is 17.9. The second-order valence-electron chi connectivity index (χ2n) is 9.00. The molecule has 0 bridgehead atoms. The van der Waals surface area contributed by atoms with E-state index in [1.54, 1.807) is 12.1 Å². The van der Waals surface area contributed by atoms with Crippen molar-refractivity contribution in [3.05, 3.63) is 77.9 Å². The number of hydrogen-bond donors (Lipinski definition) is 1. The van der Waals surface area contributed by atoms with E-state index in [0.717, 1.165) is 18.4 Å². The summed E-state index contributed by atoms with van der Waals surface area (Å²) in [6.07, 6.45) is 1.68. The predicted octanol–water partition coefficient (Wildman–Crippen LogP) is 6.82. The van der Waals surface area contributed by atoms with Gasteiger partial charge < -0.3 is 9.53 Å². The van der Waals surface area contributed by atoms with Gasteiger partial charge >= 0.3 is 0 Å². The lowest BCUT2D eigenvalue weighted by atomic mass is 9.82. The van der Waals surface area contributed by atoms with Gasteiger partial charge in [-0.2, -0.15) is 0 Å². The molecule has 0 aliphatic heterocycles. The molecule has 1 atom stereocenters. The molecule has 27 heavy (non-hydrogen) atoms. The first-order chi connectivity index (χ1) is 12.5. The molecule has 1 N–H and O–H groups in total. The standard InChI is InChI=1S/C24H34O2Si/c1-19(2)24(21-11-9-8-10-12-21,26-27(6,7)23(3,4)5)18-17-20-13-15-22(25)16-14-20/h8-16,25H,1,17-18H2,2-7H3. The Morgan fingerprint density at radius 1 is 1.00 bits per heavy atom. The van der Waals surface area contributed by atoms with Crippen LogP contribution in [0.5, 0.6) is 5.75 Å². The Hall–Kier alpha value is -1.84. The van der Waals surface area contributed by atoms with Crippen molar-refractivity contribution in [2.75, 3.05) is 0 Å². The summed E-state index contributed by atoms with van der Waals surface area (Å²) in [5, 5.41) is 9.67. The number of aryl methyl sites for hydroxylation is 1. The summed E-state index contributed by atoms with van der Waals surface area (Å²) < 4.78 is 7.07. The summed E-state index contributed by atoms with van der Waals surface area (Å²) >= 11 is 0. The van der Waals surface area contributed by atoms with Gasteiger partial charge in [-0.15, -0.1) is 0 Å². The fraction of sp³-hybridized carbons (Fsp3) is 0.417. The van der Waals surface area contributed by atoms with Crippen LogP contribution in [0.4, 0.5) is 0 Å². The third-order valence-corrected chi connectivity index (χ3v) is 10.3. The van der Waals surface area contributed by atoms with E-state index in [4.69, 9.17) is 4.43 Å². The summed E-state index contributed by atoms with van der Waals surface area (Å²) in [6.45, 7) is 17.8. The maximum Gasteiger partial charge on any atom is 0.193 e. The van der Waals surface area contributed by atoms with Crippen molar-refractivity contribution in [3.63, 3.8) is 0 Å². The molecule has 0 heterocycles. The van der Waals surface area contributed by atoms with Crippen molar-refractivity contribution < 1.29 is 9.53 Å². The van der Waals surface area contributed by atoms with E-state index in [0.29, 0.717) is 5.75 Å². The first-order valence-electron chi connectivity index (χ1n) is 9.67. The van der Waals surface area contributed by atoms with Crippen LogP contribution in [0.3, 0.4) is 0 Å². The van der Waals surface area contributed by atoms with Crippen LogP contribution in [0.2, 0.25) is 18.1 Å². The van der Waals surface area contributed by atoms with E-state index in [1.807, 2.05) is 18.2 Å². The lowest BCUT2D eigenvalue weighted by molar-refractivity contribution is 0.0790. The highest BCUT2D eigenvalue weighted by Crippen LogP contribution is 2.46. The Bertz CT molecular complexity index is 757. The smallest absolute Gasteiger partial charge is 0.193 e. The van der Waals surface area contributed by atoms with Crippen LogP contribution in [0, 0.1) is 0 Å². The first-order valence-corrected chi connectivity index (χ1v) is 12.6. The Morgan fingerprint density at radius 3 is 2.04 bits per heavy atom. The largest absolute Gasteiger partial charge is 0.508 e. The van der Waals surface area contributed by atoms with E-state index in [9.17, 15) is 5.11 Å². The van der Waals surface area contributed by atoms with E-state index < -0.39 is 13.9 Å². The van der Waals surface area contributed by atoms with Crippen molar-refractivity contribution in [1.82, 2.24) is 0 Å². The van der Waals surface area contributed by atoms with Gasteiger partial charge in [0.25, 0.3) is 0 Å². The summed E-state index contributed by atoms with van der Waals surface area (Å²) in [7, 11) is -2.03. The minimum atomic E-state index is -2.03. The highest BCUT2D eigenvalue weighted by molar-refractivity contribution is 6.74. The molecule has 0 amide bonds. The molecule has 2 aromatic rings. The summed E-state index contributed by atoms with van der Waals surface area (Å²) in [5.41, 5.74) is 2.88. The van der Waals surface area contributed by atoms with Gasteiger partial charge in [-0.05, 0) is 66.7 Å². The lowest BCUT2D eigenvalue weighted by Gasteiger charge is -2.47. The Labute approximate surface area is 166 Å². The van der Waals surface area contributed by atoms with Crippen LogP contribution >= 0.6 is 0 Å². The number of benzene rings is 2. The predicted molar refractivity (Wildman–Crippen MR) is 118 cm³/mol. The molecule has 2 aromatic carbocycles. The van der Waals surface area contributed by atoms with E-state index in [2.05, 4.69) is 71.6 Å². The van der Waals surface area contributed by atoms with Gasteiger partial charge in [0.1, 0.15) is 11.4 Å². The molecule has 0 fully saturated rings. The number of phenolic OH excluding ortho intramolecular Hbond substituents is 1. The molecular weight excluding hydrogens is 348 g/mol. The molecule has 0 aliphatic carbocycles. The third-order valence-electron chi connectivity index (χ3n) is 5.87. The quantitative estimate of drug-likeness (QED) is 0.420. The van der Waals surface area contributed by atoms with Crippen LogP contribution in [0.1, 0.15) is 45.2 Å². The third kappa shape index (κ3) is 4.91. The number of hydrogen-bond acceptors (Lipinski definition) is 2. The zero-order valence-electron chi connectivity index (χ0n) is 17.7. The topological polar surface area (TPSA) is 29.5 Å². The highest BCUT2D eigenvalue weighted by atomic mass is 28.4. The average molecular weight is 383 g/mol. The van der Waals surface area contributed by atoms with Gasteiger partial charge in [-0.1, -0.05) is 69.8 Å². The van der Waals surface area contributed by atoms with E-state index in [-0.39, 0.29) is 5.04 Å². The van der Waals surface area contributed by atoms with E-state index in [1.165, 1.54) is 11.1 Å². The maximum atomic E-state index is 9.56. The second kappa shape index (κ2) is 8.03. The molecule has 0 spiro atoms.